The number of aliphatic hydroxyl groups is 1. The second-order valence-electron chi connectivity index (χ2n) is 3.66. The molecule has 14 heavy (non-hydrogen) atoms. The largest absolute Gasteiger partial charge is 0.388 e. The average Bonchev–Trinajstić information content (AvgIpc) is 2.14. The van der Waals surface area contributed by atoms with Gasteiger partial charge in [0.1, 0.15) is 0 Å². The minimum Gasteiger partial charge on any atom is -0.388 e. The smallest absolute Gasteiger partial charge is 0.0802 e. The highest BCUT2D eigenvalue weighted by Gasteiger charge is 2.07. The van der Waals surface area contributed by atoms with Crippen LogP contribution in [0.15, 0.2) is 24.3 Å². The van der Waals surface area contributed by atoms with Crippen molar-refractivity contribution in [3.8, 4) is 0 Å². The van der Waals surface area contributed by atoms with Crippen LogP contribution in [0.25, 0.3) is 0 Å². The molecule has 0 spiro atoms. The van der Waals surface area contributed by atoms with Crippen LogP contribution in [0, 0.1) is 0 Å². The van der Waals surface area contributed by atoms with Crippen molar-refractivity contribution in [2.45, 2.75) is 12.5 Å². The summed E-state index contributed by atoms with van der Waals surface area (Å²) in [5.41, 5.74) is 0.888. The van der Waals surface area contributed by atoms with E-state index >= 15 is 0 Å². The molecule has 0 aromatic heterocycles. The van der Waals surface area contributed by atoms with Crippen molar-refractivity contribution >= 4 is 11.6 Å². The first kappa shape index (κ1) is 11.5. The zero-order valence-corrected chi connectivity index (χ0v) is 9.33. The summed E-state index contributed by atoms with van der Waals surface area (Å²) in [5, 5.41) is 10.5. The monoisotopic (exact) mass is 213 g/mol. The van der Waals surface area contributed by atoms with Gasteiger partial charge in [-0.3, -0.25) is 0 Å². The number of benzene rings is 1. The molecule has 0 aliphatic rings. The highest BCUT2D eigenvalue weighted by atomic mass is 35.5. The summed E-state index contributed by atoms with van der Waals surface area (Å²) in [6.45, 7) is 0.869. The molecule has 0 bridgehead atoms. The number of hydrogen-bond donors (Lipinski definition) is 1. The number of halogens is 1. The molecule has 0 aliphatic heterocycles. The van der Waals surface area contributed by atoms with Crippen molar-refractivity contribution in [3.63, 3.8) is 0 Å². The van der Waals surface area contributed by atoms with Gasteiger partial charge < -0.3 is 10.0 Å². The summed E-state index contributed by atoms with van der Waals surface area (Å²) < 4.78 is 0. The van der Waals surface area contributed by atoms with Crippen LogP contribution >= 0.6 is 11.6 Å². The highest BCUT2D eigenvalue weighted by Crippen LogP contribution is 2.20. The summed E-state index contributed by atoms with van der Waals surface area (Å²) in [5.74, 6) is 0. The predicted molar refractivity (Wildman–Crippen MR) is 59.6 cm³/mol. The minimum absolute atomic E-state index is 0.420. The summed E-state index contributed by atoms with van der Waals surface area (Å²) in [7, 11) is 3.98. The Hall–Kier alpha value is -0.570. The van der Waals surface area contributed by atoms with Crippen molar-refractivity contribution in [1.82, 2.24) is 4.90 Å². The first-order chi connectivity index (χ1) is 6.59. The molecular formula is C11H16ClNO. The molecule has 2 nitrogen and oxygen atoms in total. The van der Waals surface area contributed by atoms with Crippen molar-refractivity contribution in [2.75, 3.05) is 20.6 Å². The Morgan fingerprint density at radius 3 is 2.71 bits per heavy atom. The Kier molecular flexibility index (Phi) is 4.39. The maximum absolute atomic E-state index is 9.81. The zero-order valence-electron chi connectivity index (χ0n) is 8.57. The fraction of sp³-hybridized carbons (Fsp3) is 0.455. The van der Waals surface area contributed by atoms with Crippen molar-refractivity contribution in [1.29, 1.82) is 0 Å². The predicted octanol–water partition coefficient (Wildman–Crippen LogP) is 2.33. The minimum atomic E-state index is -0.420. The first-order valence-corrected chi connectivity index (χ1v) is 5.05. The molecule has 0 saturated carbocycles. The third-order valence-electron chi connectivity index (χ3n) is 2.08. The maximum Gasteiger partial charge on any atom is 0.0802 e. The Labute approximate surface area is 90.1 Å². The normalized spacial score (nSPS) is 13.2. The quantitative estimate of drug-likeness (QED) is 0.830. The van der Waals surface area contributed by atoms with Crippen LogP contribution in [0.4, 0.5) is 0 Å². The van der Waals surface area contributed by atoms with Crippen LogP contribution in [0.1, 0.15) is 18.1 Å². The van der Waals surface area contributed by atoms with Crippen molar-refractivity contribution < 1.29 is 5.11 Å². The molecule has 1 atom stereocenters. The average molecular weight is 214 g/mol. The highest BCUT2D eigenvalue weighted by molar-refractivity contribution is 6.30. The molecule has 0 fully saturated rings. The topological polar surface area (TPSA) is 23.5 Å². The fourth-order valence-electron chi connectivity index (χ4n) is 1.26. The lowest BCUT2D eigenvalue weighted by Crippen LogP contribution is -2.15. The Morgan fingerprint density at radius 1 is 1.43 bits per heavy atom. The van der Waals surface area contributed by atoms with E-state index in [-0.39, 0.29) is 0 Å². The number of aliphatic hydroxyl groups excluding tert-OH is 1. The van der Waals surface area contributed by atoms with E-state index in [1.54, 1.807) is 0 Å². The van der Waals surface area contributed by atoms with Crippen LogP contribution in [0.3, 0.4) is 0 Å². The van der Waals surface area contributed by atoms with E-state index < -0.39 is 6.10 Å². The van der Waals surface area contributed by atoms with Crippen LogP contribution in [-0.2, 0) is 0 Å². The van der Waals surface area contributed by atoms with Gasteiger partial charge in [0.25, 0.3) is 0 Å². The molecular weight excluding hydrogens is 198 g/mol. The summed E-state index contributed by atoms with van der Waals surface area (Å²) in [4.78, 5) is 2.05. The van der Waals surface area contributed by atoms with Gasteiger partial charge in [0.05, 0.1) is 6.10 Å². The molecule has 1 N–H and O–H groups in total. The van der Waals surface area contributed by atoms with Gasteiger partial charge in [-0.1, -0.05) is 23.7 Å². The van der Waals surface area contributed by atoms with Gasteiger partial charge in [-0.25, -0.2) is 0 Å². The summed E-state index contributed by atoms with van der Waals surface area (Å²) >= 11 is 5.83. The van der Waals surface area contributed by atoms with Crippen molar-refractivity contribution in [3.05, 3.63) is 34.9 Å². The van der Waals surface area contributed by atoms with E-state index in [1.165, 1.54) is 0 Å². The molecule has 1 aromatic carbocycles. The van der Waals surface area contributed by atoms with Gasteiger partial charge in [-0.15, -0.1) is 0 Å². The Morgan fingerprint density at radius 2 is 2.14 bits per heavy atom. The third-order valence-corrected chi connectivity index (χ3v) is 2.32. The Bertz CT molecular complexity index is 288. The summed E-state index contributed by atoms with van der Waals surface area (Å²) in [6.07, 6.45) is 0.309. The van der Waals surface area contributed by atoms with Crippen LogP contribution in [-0.4, -0.2) is 30.6 Å². The summed E-state index contributed by atoms with van der Waals surface area (Å²) in [6, 6.07) is 7.37. The molecule has 3 heteroatoms. The number of hydrogen-bond acceptors (Lipinski definition) is 2. The SMILES string of the molecule is CN(C)CCC(O)c1cccc(Cl)c1. The van der Waals surface area contributed by atoms with Gasteiger partial charge in [0, 0.05) is 11.6 Å². The fourth-order valence-corrected chi connectivity index (χ4v) is 1.46. The van der Waals surface area contributed by atoms with E-state index in [9.17, 15) is 5.11 Å². The second kappa shape index (κ2) is 5.35. The molecule has 0 saturated heterocycles. The van der Waals surface area contributed by atoms with Gasteiger partial charge in [0.15, 0.2) is 0 Å². The molecule has 0 radical (unpaired) electrons. The van der Waals surface area contributed by atoms with Gasteiger partial charge >= 0.3 is 0 Å². The van der Waals surface area contributed by atoms with Crippen molar-refractivity contribution in [2.24, 2.45) is 0 Å². The zero-order chi connectivity index (χ0) is 10.6. The molecule has 1 unspecified atom stereocenters. The van der Waals surface area contributed by atoms with Crippen LogP contribution in [0.5, 0.6) is 0 Å². The van der Waals surface area contributed by atoms with E-state index in [4.69, 9.17) is 11.6 Å². The van der Waals surface area contributed by atoms with E-state index in [1.807, 2.05) is 43.3 Å². The van der Waals surface area contributed by atoms with E-state index in [0.29, 0.717) is 5.02 Å². The second-order valence-corrected chi connectivity index (χ2v) is 4.10. The lowest BCUT2D eigenvalue weighted by Gasteiger charge is -2.14. The van der Waals surface area contributed by atoms with Gasteiger partial charge in [-0.05, 0) is 38.2 Å². The first-order valence-electron chi connectivity index (χ1n) is 4.68. The van der Waals surface area contributed by atoms with Crippen LogP contribution in [0.2, 0.25) is 5.02 Å². The standard InChI is InChI=1S/C11H16ClNO/c1-13(2)7-6-11(14)9-4-3-5-10(12)8-9/h3-5,8,11,14H,6-7H2,1-2H3. The molecule has 1 aromatic rings. The van der Waals surface area contributed by atoms with E-state index in [0.717, 1.165) is 18.5 Å². The van der Waals surface area contributed by atoms with Crippen LogP contribution < -0.4 is 0 Å². The lowest BCUT2D eigenvalue weighted by molar-refractivity contribution is 0.154. The number of rotatable bonds is 4. The van der Waals surface area contributed by atoms with Gasteiger partial charge in [0.2, 0.25) is 0 Å². The molecule has 0 heterocycles. The van der Waals surface area contributed by atoms with E-state index in [2.05, 4.69) is 0 Å². The molecule has 0 aliphatic carbocycles. The lowest BCUT2D eigenvalue weighted by atomic mass is 10.1. The third kappa shape index (κ3) is 3.66. The molecule has 0 amide bonds. The Balaban J connectivity index is 2.56. The number of nitrogens with zero attached hydrogens (tertiary/aromatic N) is 1. The maximum atomic E-state index is 9.81. The molecule has 1 rings (SSSR count). The molecule has 78 valence electrons. The van der Waals surface area contributed by atoms with Gasteiger partial charge in [-0.2, -0.15) is 0 Å².